The minimum Gasteiger partial charge on any atom is -0.364 e. The molecule has 1 aromatic heterocycles. The van der Waals surface area contributed by atoms with Crippen molar-refractivity contribution in [2.24, 2.45) is 10.9 Å². The molecule has 88 valence electrons. The van der Waals surface area contributed by atoms with Crippen LogP contribution in [0.15, 0.2) is 16.6 Å². The maximum absolute atomic E-state index is 4.52. The first-order valence-electron chi connectivity index (χ1n) is 5.56. The molecule has 0 saturated heterocycles. The quantitative estimate of drug-likeness (QED) is 0.902. The average molecular weight is 255 g/mol. The maximum atomic E-state index is 4.52. The normalized spacial score (nSPS) is 22.6. The molecular weight excluding hydrogens is 238 g/mol. The second kappa shape index (κ2) is 5.68. The van der Waals surface area contributed by atoms with Crippen LogP contribution in [0.3, 0.4) is 0 Å². The summed E-state index contributed by atoms with van der Waals surface area (Å²) in [6, 6.07) is 0. The molecule has 0 radical (unpaired) electrons. The van der Waals surface area contributed by atoms with Crippen LogP contribution in [0.2, 0.25) is 0 Å². The minimum absolute atomic E-state index is 0.461. The van der Waals surface area contributed by atoms with Crippen molar-refractivity contribution < 1.29 is 0 Å². The van der Waals surface area contributed by atoms with E-state index in [2.05, 4.69) is 29.1 Å². The van der Waals surface area contributed by atoms with Crippen LogP contribution in [0.5, 0.6) is 0 Å². The molecule has 2 heterocycles. The smallest absolute Gasteiger partial charge is 0.156 e. The molecule has 1 aliphatic rings. The SMILES string of the molecule is CC1CN=C(NCC(C)c2nccs2)SC1. The molecule has 5 heteroatoms. The monoisotopic (exact) mass is 255 g/mol. The molecule has 0 fully saturated rings. The lowest BCUT2D eigenvalue weighted by Crippen LogP contribution is -2.29. The van der Waals surface area contributed by atoms with Gasteiger partial charge in [-0.15, -0.1) is 11.3 Å². The average Bonchev–Trinajstić information content (AvgIpc) is 2.81. The number of nitrogens with zero attached hydrogens (tertiary/aromatic N) is 2. The van der Waals surface area contributed by atoms with E-state index in [4.69, 9.17) is 0 Å². The Hall–Kier alpha value is -0.550. The number of aliphatic imine (C=N–C) groups is 1. The van der Waals surface area contributed by atoms with E-state index in [9.17, 15) is 0 Å². The molecule has 0 saturated carbocycles. The first kappa shape index (κ1) is 11.9. The van der Waals surface area contributed by atoms with Crippen molar-refractivity contribution in [1.82, 2.24) is 10.3 Å². The van der Waals surface area contributed by atoms with Crippen molar-refractivity contribution in [2.75, 3.05) is 18.8 Å². The number of nitrogens with one attached hydrogen (secondary N) is 1. The molecule has 1 aliphatic heterocycles. The van der Waals surface area contributed by atoms with Gasteiger partial charge in [0.05, 0.1) is 5.01 Å². The van der Waals surface area contributed by atoms with Gasteiger partial charge in [-0.3, -0.25) is 4.99 Å². The highest BCUT2D eigenvalue weighted by Crippen LogP contribution is 2.19. The third kappa shape index (κ3) is 3.22. The maximum Gasteiger partial charge on any atom is 0.156 e. The van der Waals surface area contributed by atoms with Crippen molar-refractivity contribution >= 4 is 28.3 Å². The van der Waals surface area contributed by atoms with E-state index >= 15 is 0 Å². The molecule has 16 heavy (non-hydrogen) atoms. The molecule has 1 N–H and O–H groups in total. The first-order valence-corrected chi connectivity index (χ1v) is 7.42. The van der Waals surface area contributed by atoms with E-state index in [1.54, 1.807) is 11.3 Å². The van der Waals surface area contributed by atoms with Gasteiger partial charge in [-0.25, -0.2) is 4.98 Å². The van der Waals surface area contributed by atoms with E-state index < -0.39 is 0 Å². The summed E-state index contributed by atoms with van der Waals surface area (Å²) in [5, 5.41) is 7.73. The highest BCUT2D eigenvalue weighted by molar-refractivity contribution is 8.13. The van der Waals surface area contributed by atoms with Crippen LogP contribution in [0.25, 0.3) is 0 Å². The fourth-order valence-electron chi connectivity index (χ4n) is 1.47. The molecule has 0 spiro atoms. The van der Waals surface area contributed by atoms with Crippen LogP contribution in [0.4, 0.5) is 0 Å². The molecule has 1 aromatic rings. The second-order valence-electron chi connectivity index (χ2n) is 4.21. The van der Waals surface area contributed by atoms with Gasteiger partial charge in [0, 0.05) is 36.3 Å². The zero-order valence-electron chi connectivity index (χ0n) is 9.64. The van der Waals surface area contributed by atoms with Gasteiger partial charge >= 0.3 is 0 Å². The Morgan fingerprint density at radius 2 is 2.50 bits per heavy atom. The summed E-state index contributed by atoms with van der Waals surface area (Å²) >= 11 is 3.55. The Kier molecular flexibility index (Phi) is 4.23. The largest absolute Gasteiger partial charge is 0.364 e. The van der Waals surface area contributed by atoms with Crippen LogP contribution >= 0.6 is 23.1 Å². The number of hydrogen-bond acceptors (Lipinski definition) is 5. The van der Waals surface area contributed by atoms with E-state index in [-0.39, 0.29) is 0 Å². The molecule has 0 aromatic carbocycles. The summed E-state index contributed by atoms with van der Waals surface area (Å²) in [7, 11) is 0. The van der Waals surface area contributed by atoms with Gasteiger partial charge in [-0.2, -0.15) is 0 Å². The van der Waals surface area contributed by atoms with Gasteiger partial charge in [-0.1, -0.05) is 25.6 Å². The predicted octanol–water partition coefficient (Wildman–Crippen LogP) is 2.58. The highest BCUT2D eigenvalue weighted by atomic mass is 32.2. The van der Waals surface area contributed by atoms with Gasteiger partial charge in [0.25, 0.3) is 0 Å². The molecule has 0 bridgehead atoms. The molecule has 0 amide bonds. The zero-order valence-corrected chi connectivity index (χ0v) is 11.3. The van der Waals surface area contributed by atoms with E-state index in [1.807, 2.05) is 23.3 Å². The van der Waals surface area contributed by atoms with Gasteiger partial charge < -0.3 is 5.32 Å². The summed E-state index contributed by atoms with van der Waals surface area (Å²) in [4.78, 5) is 8.84. The van der Waals surface area contributed by atoms with Crippen LogP contribution in [0.1, 0.15) is 24.8 Å². The fraction of sp³-hybridized carbons (Fsp3) is 0.636. The Balaban J connectivity index is 1.79. The molecule has 0 aliphatic carbocycles. The van der Waals surface area contributed by atoms with Crippen molar-refractivity contribution in [3.05, 3.63) is 16.6 Å². The lowest BCUT2D eigenvalue weighted by molar-refractivity contribution is 0.662. The summed E-state index contributed by atoms with van der Waals surface area (Å²) in [6.07, 6.45) is 1.87. The summed E-state index contributed by atoms with van der Waals surface area (Å²) < 4.78 is 0. The number of aromatic nitrogens is 1. The van der Waals surface area contributed by atoms with Crippen LogP contribution in [-0.2, 0) is 0 Å². The topological polar surface area (TPSA) is 37.3 Å². The number of thiazole rings is 1. The number of amidine groups is 1. The Morgan fingerprint density at radius 3 is 3.12 bits per heavy atom. The van der Waals surface area contributed by atoms with Crippen molar-refractivity contribution in [3.63, 3.8) is 0 Å². The van der Waals surface area contributed by atoms with E-state index in [0.717, 1.165) is 18.3 Å². The van der Waals surface area contributed by atoms with E-state index in [0.29, 0.717) is 11.8 Å². The summed E-state index contributed by atoms with van der Waals surface area (Å²) in [5.74, 6) is 2.35. The molecule has 2 unspecified atom stereocenters. The van der Waals surface area contributed by atoms with Crippen LogP contribution in [0, 0.1) is 5.92 Å². The molecular formula is C11H17N3S2. The zero-order chi connectivity index (χ0) is 11.4. The Labute approximate surface area is 105 Å². The van der Waals surface area contributed by atoms with E-state index in [1.165, 1.54) is 10.8 Å². The van der Waals surface area contributed by atoms with Crippen molar-refractivity contribution in [3.8, 4) is 0 Å². The van der Waals surface area contributed by atoms with Crippen LogP contribution in [-0.4, -0.2) is 29.0 Å². The summed E-state index contributed by atoms with van der Waals surface area (Å²) in [5.41, 5.74) is 0. The highest BCUT2D eigenvalue weighted by Gasteiger charge is 2.13. The summed E-state index contributed by atoms with van der Waals surface area (Å²) in [6.45, 7) is 6.32. The third-order valence-electron chi connectivity index (χ3n) is 2.48. The lowest BCUT2D eigenvalue weighted by atomic mass is 10.2. The standard InChI is InChI=1S/C11H17N3S2/c1-8-5-13-11(16-7-8)14-6-9(2)10-12-3-4-15-10/h3-4,8-9H,5-7H2,1-2H3,(H,13,14). The predicted molar refractivity (Wildman–Crippen MR) is 72.5 cm³/mol. The van der Waals surface area contributed by atoms with Gasteiger partial charge in [0.15, 0.2) is 5.17 Å². The van der Waals surface area contributed by atoms with Crippen LogP contribution < -0.4 is 5.32 Å². The van der Waals surface area contributed by atoms with Crippen molar-refractivity contribution in [1.29, 1.82) is 0 Å². The Bertz CT molecular complexity index is 348. The Morgan fingerprint density at radius 1 is 1.62 bits per heavy atom. The van der Waals surface area contributed by atoms with Gasteiger partial charge in [0.1, 0.15) is 0 Å². The first-order chi connectivity index (χ1) is 7.75. The number of thioether (sulfide) groups is 1. The third-order valence-corrected chi connectivity index (χ3v) is 4.77. The lowest BCUT2D eigenvalue weighted by Gasteiger charge is -2.19. The van der Waals surface area contributed by atoms with Gasteiger partial charge in [-0.05, 0) is 5.92 Å². The molecule has 2 atom stereocenters. The minimum atomic E-state index is 0.461. The van der Waals surface area contributed by atoms with Gasteiger partial charge in [0.2, 0.25) is 0 Å². The molecule has 3 nitrogen and oxygen atoms in total. The second-order valence-corrected chi connectivity index (χ2v) is 6.15. The van der Waals surface area contributed by atoms with Crippen molar-refractivity contribution in [2.45, 2.75) is 19.8 Å². The number of hydrogen-bond donors (Lipinski definition) is 1. The number of rotatable bonds is 3. The fourth-order valence-corrected chi connectivity index (χ4v) is 3.07. The molecule has 2 rings (SSSR count).